The number of amidine groups is 2. The van der Waals surface area contributed by atoms with E-state index in [1.807, 2.05) is 54.6 Å². The highest BCUT2D eigenvalue weighted by molar-refractivity contribution is 8.27. The minimum Gasteiger partial charge on any atom is -0.497 e. The van der Waals surface area contributed by atoms with Crippen molar-refractivity contribution in [2.24, 2.45) is 10.1 Å². The molecule has 0 atom stereocenters. The molecular weight excluding hydrogens is 512 g/mol. The van der Waals surface area contributed by atoms with Gasteiger partial charge in [-0.05, 0) is 65.9 Å². The number of amides is 1. The molecule has 10 heteroatoms. The van der Waals surface area contributed by atoms with Crippen molar-refractivity contribution in [2.45, 2.75) is 0 Å². The van der Waals surface area contributed by atoms with Crippen LogP contribution in [0.1, 0.15) is 11.1 Å². The van der Waals surface area contributed by atoms with E-state index in [1.165, 1.54) is 16.8 Å². The average molecular weight is 533 g/mol. The number of carbonyl (C=O) groups excluding carboxylic acids is 1. The molecule has 1 amide bonds. The summed E-state index contributed by atoms with van der Waals surface area (Å²) in [6.07, 6.45) is 1.62. The van der Waals surface area contributed by atoms with Gasteiger partial charge < -0.3 is 14.2 Å². The smallest absolute Gasteiger partial charge is 0.283 e. The van der Waals surface area contributed by atoms with Crippen LogP contribution >= 0.6 is 23.4 Å². The number of fused-ring (bicyclic) bond motifs is 1. The fourth-order valence-corrected chi connectivity index (χ4v) is 4.77. The van der Waals surface area contributed by atoms with Gasteiger partial charge in [-0.25, -0.2) is 0 Å². The zero-order valence-corrected chi connectivity index (χ0v) is 21.3. The van der Waals surface area contributed by atoms with Gasteiger partial charge in [0.2, 0.25) is 5.17 Å². The molecule has 0 bridgehead atoms. The second-order valence-electron chi connectivity index (χ2n) is 7.85. The summed E-state index contributed by atoms with van der Waals surface area (Å²) in [4.78, 5) is 16.8. The molecule has 37 heavy (non-hydrogen) atoms. The lowest BCUT2D eigenvalue weighted by molar-refractivity contribution is -0.114. The lowest BCUT2D eigenvalue weighted by Gasteiger charge is -2.20. The Hall–Kier alpha value is -4.08. The number of hydrogen-bond acceptors (Lipinski definition) is 7. The first-order chi connectivity index (χ1) is 18.0. The van der Waals surface area contributed by atoms with Gasteiger partial charge in [-0.2, -0.15) is 15.1 Å². The van der Waals surface area contributed by atoms with Gasteiger partial charge in [0.25, 0.3) is 5.91 Å². The van der Waals surface area contributed by atoms with E-state index in [0.717, 1.165) is 22.6 Å². The summed E-state index contributed by atoms with van der Waals surface area (Å²) in [5, 5.41) is 15.9. The van der Waals surface area contributed by atoms with E-state index in [9.17, 15) is 4.79 Å². The number of carbonyl (C=O) groups is 1. The van der Waals surface area contributed by atoms with Gasteiger partial charge in [-0.1, -0.05) is 41.9 Å². The molecule has 2 aliphatic heterocycles. The van der Waals surface area contributed by atoms with Crippen LogP contribution in [-0.4, -0.2) is 47.3 Å². The third kappa shape index (κ3) is 5.52. The van der Waals surface area contributed by atoms with E-state index in [1.54, 1.807) is 31.4 Å². The van der Waals surface area contributed by atoms with Crippen molar-refractivity contribution in [1.82, 2.24) is 5.01 Å². The summed E-state index contributed by atoms with van der Waals surface area (Å²) in [5.74, 6) is 1.63. The van der Waals surface area contributed by atoms with Gasteiger partial charge in [0, 0.05) is 5.56 Å². The number of methoxy groups -OCH3 is 1. The monoisotopic (exact) mass is 532 g/mol. The molecule has 2 heterocycles. The largest absolute Gasteiger partial charge is 0.497 e. The summed E-state index contributed by atoms with van der Waals surface area (Å²) < 4.78 is 16.5. The number of halogens is 1. The number of nitrogens with one attached hydrogen (secondary N) is 1. The van der Waals surface area contributed by atoms with Crippen LogP contribution in [0.25, 0.3) is 6.08 Å². The average Bonchev–Trinajstić information content (AvgIpc) is 3.34. The maximum atomic E-state index is 12.7. The molecule has 186 valence electrons. The zero-order chi connectivity index (χ0) is 25.8. The van der Waals surface area contributed by atoms with Crippen LogP contribution in [-0.2, 0) is 4.79 Å². The Morgan fingerprint density at radius 2 is 1.57 bits per heavy atom. The second kappa shape index (κ2) is 10.9. The van der Waals surface area contributed by atoms with Gasteiger partial charge in [0.1, 0.15) is 35.5 Å². The number of hydrogen-bond donors (Lipinski definition) is 1. The number of rotatable bonds is 8. The first-order valence-corrected chi connectivity index (χ1v) is 12.5. The van der Waals surface area contributed by atoms with E-state index < -0.39 is 5.91 Å². The molecule has 3 aromatic carbocycles. The number of hydrazone groups is 1. The first-order valence-electron chi connectivity index (χ1n) is 11.3. The van der Waals surface area contributed by atoms with Crippen LogP contribution < -0.4 is 14.2 Å². The highest BCUT2D eigenvalue weighted by atomic mass is 35.5. The van der Waals surface area contributed by atoms with Gasteiger partial charge in [0.15, 0.2) is 5.84 Å². The normalized spacial score (nSPS) is 15.8. The Bertz CT molecular complexity index is 1440. The van der Waals surface area contributed by atoms with E-state index in [0.29, 0.717) is 34.2 Å². The fourth-order valence-electron chi connectivity index (χ4n) is 3.55. The van der Waals surface area contributed by atoms with Crippen molar-refractivity contribution in [3.8, 4) is 17.2 Å². The summed E-state index contributed by atoms with van der Waals surface area (Å²) in [6.45, 7) is 0.750. The highest BCUT2D eigenvalue weighted by Crippen LogP contribution is 2.33. The van der Waals surface area contributed by atoms with Crippen LogP contribution in [0.15, 0.2) is 88.5 Å². The molecular formula is C27H21ClN4O4S. The van der Waals surface area contributed by atoms with Crippen molar-refractivity contribution in [3.05, 3.63) is 94.5 Å². The SMILES string of the molecule is COc1ccc(OCCOc2ccc(/C=C3/C(=N)N4N=C(c5ccccc5Cl)SC4=NC3=O)cc2)cc1. The Labute approximate surface area is 222 Å². The van der Waals surface area contributed by atoms with Crippen LogP contribution in [0.2, 0.25) is 5.02 Å². The Morgan fingerprint density at radius 1 is 0.946 bits per heavy atom. The molecule has 2 aliphatic rings. The molecule has 5 rings (SSSR count). The van der Waals surface area contributed by atoms with Crippen LogP contribution in [0.4, 0.5) is 0 Å². The summed E-state index contributed by atoms with van der Waals surface area (Å²) in [7, 11) is 1.62. The van der Waals surface area contributed by atoms with Crippen molar-refractivity contribution in [1.29, 1.82) is 5.41 Å². The number of ether oxygens (including phenoxy) is 3. The predicted octanol–water partition coefficient (Wildman–Crippen LogP) is 5.47. The third-order valence-electron chi connectivity index (χ3n) is 5.43. The molecule has 0 aliphatic carbocycles. The van der Waals surface area contributed by atoms with Crippen LogP contribution in [0, 0.1) is 5.41 Å². The third-order valence-corrected chi connectivity index (χ3v) is 6.70. The molecule has 0 radical (unpaired) electrons. The molecule has 8 nitrogen and oxygen atoms in total. The summed E-state index contributed by atoms with van der Waals surface area (Å²) >= 11 is 7.50. The molecule has 0 unspecified atom stereocenters. The molecule has 3 aromatic rings. The molecule has 0 saturated carbocycles. The highest BCUT2D eigenvalue weighted by Gasteiger charge is 2.36. The van der Waals surface area contributed by atoms with E-state index in [4.69, 9.17) is 31.2 Å². The molecule has 1 N–H and O–H groups in total. The number of thioether (sulfide) groups is 1. The predicted molar refractivity (Wildman–Crippen MR) is 146 cm³/mol. The Kier molecular flexibility index (Phi) is 7.25. The maximum absolute atomic E-state index is 12.7. The van der Waals surface area contributed by atoms with Gasteiger partial charge >= 0.3 is 0 Å². The number of nitrogens with zero attached hydrogens (tertiary/aromatic N) is 3. The van der Waals surface area contributed by atoms with E-state index >= 15 is 0 Å². The number of benzene rings is 3. The summed E-state index contributed by atoms with van der Waals surface area (Å²) in [6, 6.07) is 21.8. The molecule has 0 aromatic heterocycles. The first kappa shape index (κ1) is 24.6. The summed E-state index contributed by atoms with van der Waals surface area (Å²) in [5.41, 5.74) is 1.60. The van der Waals surface area contributed by atoms with E-state index in [-0.39, 0.29) is 11.4 Å². The van der Waals surface area contributed by atoms with E-state index in [2.05, 4.69) is 10.1 Å². The molecule has 0 fully saturated rings. The maximum Gasteiger partial charge on any atom is 0.283 e. The molecule has 0 spiro atoms. The van der Waals surface area contributed by atoms with Crippen molar-refractivity contribution < 1.29 is 19.0 Å². The lowest BCUT2D eigenvalue weighted by atomic mass is 10.1. The standard InChI is InChI=1S/C27H21ClN4O4S/c1-34-18-10-12-20(13-11-18)36-15-14-35-19-8-6-17(7-9-19)16-22-24(29)32-27(30-25(22)33)37-26(31-32)21-4-2-3-5-23(21)28/h2-13,16,29H,14-15H2,1H3/b22-16-,29-24?. The lowest BCUT2D eigenvalue weighted by Crippen LogP contribution is -2.35. The van der Waals surface area contributed by atoms with Gasteiger partial charge in [-0.15, -0.1) is 0 Å². The quantitative estimate of drug-likeness (QED) is 0.305. The fraction of sp³-hybridized carbons (Fsp3) is 0.111. The van der Waals surface area contributed by atoms with Crippen molar-refractivity contribution in [2.75, 3.05) is 20.3 Å². The second-order valence-corrected chi connectivity index (χ2v) is 9.21. The van der Waals surface area contributed by atoms with Gasteiger partial charge in [0.05, 0.1) is 17.7 Å². The van der Waals surface area contributed by atoms with Crippen molar-refractivity contribution in [3.63, 3.8) is 0 Å². The molecule has 0 saturated heterocycles. The minimum absolute atomic E-state index is 0.0411. The van der Waals surface area contributed by atoms with Crippen LogP contribution in [0.5, 0.6) is 17.2 Å². The van der Waals surface area contributed by atoms with Crippen LogP contribution in [0.3, 0.4) is 0 Å². The minimum atomic E-state index is -0.490. The number of aliphatic imine (C=N–C) groups is 1. The zero-order valence-electron chi connectivity index (χ0n) is 19.7. The van der Waals surface area contributed by atoms with Gasteiger partial charge in [-0.3, -0.25) is 10.2 Å². The Balaban J connectivity index is 1.21. The Morgan fingerprint density at radius 3 is 2.22 bits per heavy atom. The van der Waals surface area contributed by atoms with Crippen molar-refractivity contribution >= 4 is 51.4 Å². The topological polar surface area (TPSA) is 96.6 Å².